The topological polar surface area (TPSA) is 39.2 Å². The molecular formula is C10H15NO2S. The van der Waals surface area contributed by atoms with E-state index in [0.29, 0.717) is 6.42 Å². The number of carbonyl (C=O) groups excluding carboxylic acids is 1. The fourth-order valence-electron chi connectivity index (χ4n) is 0.948. The first-order valence-electron chi connectivity index (χ1n) is 4.45. The van der Waals surface area contributed by atoms with E-state index in [2.05, 4.69) is 4.98 Å². The molecule has 0 atom stereocenters. The summed E-state index contributed by atoms with van der Waals surface area (Å²) >= 11 is 1.52. The number of hydrogen-bond acceptors (Lipinski definition) is 4. The van der Waals surface area contributed by atoms with Gasteiger partial charge in [-0.15, -0.1) is 11.3 Å². The number of hydrogen-bond donors (Lipinski definition) is 0. The van der Waals surface area contributed by atoms with Crippen LogP contribution in [-0.2, 0) is 16.0 Å². The molecule has 14 heavy (non-hydrogen) atoms. The summed E-state index contributed by atoms with van der Waals surface area (Å²) < 4.78 is 5.11. The lowest BCUT2D eigenvalue weighted by Gasteiger charge is -2.20. The van der Waals surface area contributed by atoms with Crippen molar-refractivity contribution in [1.82, 2.24) is 4.98 Å². The molecule has 1 rings (SSSR count). The molecule has 0 aliphatic rings. The van der Waals surface area contributed by atoms with E-state index in [1.54, 1.807) is 21.0 Å². The number of ketones is 1. The molecule has 1 aromatic heterocycles. The normalized spacial score (nSPS) is 11.7. The van der Waals surface area contributed by atoms with Crippen LogP contribution >= 0.6 is 11.3 Å². The highest BCUT2D eigenvalue weighted by molar-refractivity contribution is 7.09. The number of thiazole rings is 1. The molecule has 4 heteroatoms. The number of rotatable bonds is 4. The molecule has 0 amide bonds. The molecular weight excluding hydrogens is 198 g/mol. The predicted molar refractivity (Wildman–Crippen MR) is 56.7 cm³/mol. The molecule has 0 bridgehead atoms. The Morgan fingerprint density at radius 1 is 1.64 bits per heavy atom. The van der Waals surface area contributed by atoms with Gasteiger partial charge in [-0.05, 0) is 20.8 Å². The van der Waals surface area contributed by atoms with Gasteiger partial charge in [0.1, 0.15) is 10.6 Å². The Labute approximate surface area is 88.1 Å². The number of aryl methyl sites for hydroxylation is 1. The van der Waals surface area contributed by atoms with Crippen molar-refractivity contribution in [2.24, 2.45) is 0 Å². The maximum Gasteiger partial charge on any atom is 0.170 e. The molecule has 3 nitrogen and oxygen atoms in total. The smallest absolute Gasteiger partial charge is 0.170 e. The van der Waals surface area contributed by atoms with E-state index in [4.69, 9.17) is 4.74 Å². The molecule has 0 saturated heterocycles. The van der Waals surface area contributed by atoms with E-state index < -0.39 is 5.60 Å². The molecule has 0 saturated carbocycles. The van der Waals surface area contributed by atoms with Crippen LogP contribution < -0.4 is 0 Å². The second-order valence-corrected chi connectivity index (χ2v) is 4.64. The van der Waals surface area contributed by atoms with Crippen molar-refractivity contribution in [3.05, 3.63) is 16.1 Å². The van der Waals surface area contributed by atoms with Gasteiger partial charge >= 0.3 is 0 Å². The highest BCUT2D eigenvalue weighted by Crippen LogP contribution is 2.16. The summed E-state index contributed by atoms with van der Waals surface area (Å²) in [6.45, 7) is 5.47. The number of carbonyl (C=O) groups is 1. The third kappa shape index (κ3) is 2.62. The summed E-state index contributed by atoms with van der Waals surface area (Å²) in [6, 6.07) is 0. The van der Waals surface area contributed by atoms with Gasteiger partial charge in [0.25, 0.3) is 0 Å². The Morgan fingerprint density at radius 3 is 2.71 bits per heavy atom. The number of nitrogens with zero attached hydrogens (tertiary/aromatic N) is 1. The van der Waals surface area contributed by atoms with Gasteiger partial charge in [-0.3, -0.25) is 4.79 Å². The summed E-state index contributed by atoms with van der Waals surface area (Å²) in [6.07, 6.45) is 0.360. The lowest BCUT2D eigenvalue weighted by Crippen LogP contribution is -2.35. The molecule has 0 radical (unpaired) electrons. The lowest BCUT2D eigenvalue weighted by atomic mass is 10.0. The molecule has 78 valence electrons. The first kappa shape index (κ1) is 11.3. The van der Waals surface area contributed by atoms with E-state index in [0.717, 1.165) is 10.7 Å². The fraction of sp³-hybridized carbons (Fsp3) is 0.600. The van der Waals surface area contributed by atoms with E-state index in [1.807, 2.05) is 12.3 Å². The third-order valence-electron chi connectivity index (χ3n) is 2.16. The van der Waals surface area contributed by atoms with Gasteiger partial charge in [-0.25, -0.2) is 4.98 Å². The lowest BCUT2D eigenvalue weighted by molar-refractivity contribution is -0.136. The maximum absolute atomic E-state index is 11.7. The molecule has 1 aromatic rings. The van der Waals surface area contributed by atoms with Gasteiger partial charge in [0.2, 0.25) is 0 Å². The van der Waals surface area contributed by atoms with Gasteiger partial charge in [0.15, 0.2) is 5.78 Å². The predicted octanol–water partition coefficient (Wildman–Crippen LogP) is 1.99. The molecule has 0 aliphatic heterocycles. The van der Waals surface area contributed by atoms with Gasteiger partial charge in [0.05, 0.1) is 6.42 Å². The average molecular weight is 213 g/mol. The van der Waals surface area contributed by atoms with E-state index in [-0.39, 0.29) is 5.78 Å². The summed E-state index contributed by atoms with van der Waals surface area (Å²) in [7, 11) is 1.55. The SMILES string of the molecule is COC(C)(C)C(=O)Cc1nc(C)cs1. The van der Waals surface area contributed by atoms with Crippen molar-refractivity contribution in [3.8, 4) is 0 Å². The van der Waals surface area contributed by atoms with E-state index in [9.17, 15) is 4.79 Å². The summed E-state index contributed by atoms with van der Waals surface area (Å²) in [5.74, 6) is 0.0642. The van der Waals surface area contributed by atoms with Crippen LogP contribution in [-0.4, -0.2) is 23.5 Å². The standard InChI is InChI=1S/C10H15NO2S/c1-7-6-14-9(11-7)5-8(12)10(2,3)13-4/h6H,5H2,1-4H3. The minimum absolute atomic E-state index is 0.0642. The number of ether oxygens (including phenoxy) is 1. The minimum Gasteiger partial charge on any atom is -0.371 e. The zero-order chi connectivity index (χ0) is 10.8. The second kappa shape index (κ2) is 4.19. The van der Waals surface area contributed by atoms with Crippen molar-refractivity contribution in [2.75, 3.05) is 7.11 Å². The van der Waals surface area contributed by atoms with Crippen molar-refractivity contribution in [1.29, 1.82) is 0 Å². The number of aromatic nitrogens is 1. The molecule has 0 N–H and O–H groups in total. The highest BCUT2D eigenvalue weighted by Gasteiger charge is 2.27. The largest absolute Gasteiger partial charge is 0.371 e. The number of methoxy groups -OCH3 is 1. The quantitative estimate of drug-likeness (QED) is 0.767. The first-order chi connectivity index (χ1) is 6.45. The van der Waals surface area contributed by atoms with Crippen LogP contribution in [0.3, 0.4) is 0 Å². The Kier molecular flexibility index (Phi) is 3.39. The maximum atomic E-state index is 11.7. The summed E-state index contributed by atoms with van der Waals surface area (Å²) in [5.41, 5.74) is 0.257. The number of Topliss-reactive ketones (excluding diaryl/α,β-unsaturated/α-hetero) is 1. The van der Waals surface area contributed by atoms with Crippen molar-refractivity contribution in [2.45, 2.75) is 32.8 Å². The Hall–Kier alpha value is -0.740. The van der Waals surface area contributed by atoms with Gasteiger partial charge in [0, 0.05) is 18.2 Å². The average Bonchev–Trinajstić information content (AvgIpc) is 2.51. The van der Waals surface area contributed by atoms with Crippen LogP contribution in [0.25, 0.3) is 0 Å². The van der Waals surface area contributed by atoms with Crippen molar-refractivity contribution in [3.63, 3.8) is 0 Å². The first-order valence-corrected chi connectivity index (χ1v) is 5.33. The van der Waals surface area contributed by atoms with Crippen LogP contribution in [0.5, 0.6) is 0 Å². The van der Waals surface area contributed by atoms with Crippen LogP contribution in [0.2, 0.25) is 0 Å². The van der Waals surface area contributed by atoms with Gasteiger partial charge < -0.3 is 4.74 Å². The third-order valence-corrected chi connectivity index (χ3v) is 3.13. The molecule has 0 unspecified atom stereocenters. The highest BCUT2D eigenvalue weighted by atomic mass is 32.1. The van der Waals surface area contributed by atoms with Crippen LogP contribution in [0.15, 0.2) is 5.38 Å². The zero-order valence-electron chi connectivity index (χ0n) is 8.96. The monoisotopic (exact) mass is 213 g/mol. The second-order valence-electron chi connectivity index (χ2n) is 3.70. The molecule has 1 heterocycles. The minimum atomic E-state index is -0.709. The van der Waals surface area contributed by atoms with Crippen LogP contribution in [0, 0.1) is 6.92 Å². The Balaban J connectivity index is 2.66. The van der Waals surface area contributed by atoms with E-state index in [1.165, 1.54) is 11.3 Å². The fourth-order valence-corrected chi connectivity index (χ4v) is 1.72. The molecule has 0 spiro atoms. The molecule has 0 aromatic carbocycles. The molecule has 0 aliphatic carbocycles. The van der Waals surface area contributed by atoms with Gasteiger partial charge in [-0.1, -0.05) is 0 Å². The summed E-state index contributed by atoms with van der Waals surface area (Å²) in [5, 5.41) is 2.81. The Morgan fingerprint density at radius 2 is 2.29 bits per heavy atom. The summed E-state index contributed by atoms with van der Waals surface area (Å²) in [4.78, 5) is 16.0. The van der Waals surface area contributed by atoms with Crippen molar-refractivity contribution < 1.29 is 9.53 Å². The van der Waals surface area contributed by atoms with Gasteiger partial charge in [-0.2, -0.15) is 0 Å². The van der Waals surface area contributed by atoms with E-state index >= 15 is 0 Å². The molecule has 0 fully saturated rings. The zero-order valence-corrected chi connectivity index (χ0v) is 9.77. The van der Waals surface area contributed by atoms with Crippen LogP contribution in [0.4, 0.5) is 0 Å². The Bertz CT molecular complexity index is 331. The van der Waals surface area contributed by atoms with Crippen LogP contribution in [0.1, 0.15) is 24.5 Å². The van der Waals surface area contributed by atoms with Crippen molar-refractivity contribution >= 4 is 17.1 Å².